The van der Waals surface area contributed by atoms with E-state index in [9.17, 15) is 4.39 Å². The Balaban J connectivity index is 2.47. The van der Waals surface area contributed by atoms with Crippen LogP contribution in [0.2, 0.25) is 0 Å². The van der Waals surface area contributed by atoms with Crippen LogP contribution >= 0.6 is 0 Å². The summed E-state index contributed by atoms with van der Waals surface area (Å²) in [5.41, 5.74) is 11.5. The molecule has 0 fully saturated rings. The molecule has 0 aromatic heterocycles. The number of hydrogen-bond donors (Lipinski definition) is 1. The predicted octanol–water partition coefficient (Wildman–Crippen LogP) is 4.56. The normalized spacial score (nSPS) is 14.0. The number of nitrogens with two attached hydrogens (primary N) is 1. The summed E-state index contributed by atoms with van der Waals surface area (Å²) in [5, 5.41) is 0. The van der Waals surface area contributed by atoms with Crippen LogP contribution in [0.3, 0.4) is 0 Å². The molecule has 0 heterocycles. The smallest absolute Gasteiger partial charge is 0.128 e. The molecule has 2 aromatic rings. The summed E-state index contributed by atoms with van der Waals surface area (Å²) in [6, 6.07) is 11.2. The summed E-state index contributed by atoms with van der Waals surface area (Å²) in [7, 11) is 0. The minimum Gasteiger partial charge on any atom is -0.321 e. The number of rotatable bonds is 4. The van der Waals surface area contributed by atoms with Crippen molar-refractivity contribution in [2.24, 2.45) is 5.73 Å². The average Bonchev–Trinajstić information content (AvgIpc) is 2.43. The average molecular weight is 285 g/mol. The Hall–Kier alpha value is -1.67. The minimum absolute atomic E-state index is 0.218. The summed E-state index contributed by atoms with van der Waals surface area (Å²) in [4.78, 5) is 0. The Kier molecular flexibility index (Phi) is 4.48. The van der Waals surface area contributed by atoms with Crippen molar-refractivity contribution in [2.75, 3.05) is 0 Å². The number of benzene rings is 2. The third-order valence-electron chi connectivity index (χ3n) is 4.37. The maximum atomic E-state index is 14.2. The summed E-state index contributed by atoms with van der Waals surface area (Å²) in [6.45, 7) is 8.32. The molecule has 0 saturated heterocycles. The second kappa shape index (κ2) is 5.98. The lowest BCUT2D eigenvalue weighted by atomic mass is 9.80. The van der Waals surface area contributed by atoms with Crippen LogP contribution in [0.5, 0.6) is 0 Å². The van der Waals surface area contributed by atoms with Gasteiger partial charge in [0.2, 0.25) is 0 Å². The van der Waals surface area contributed by atoms with E-state index in [1.54, 1.807) is 12.1 Å². The SMILES string of the molecule is CCC(N)(Cc1c(C)cc(C)cc1C)c1ccccc1F. The summed E-state index contributed by atoms with van der Waals surface area (Å²) in [6.07, 6.45) is 1.35. The van der Waals surface area contributed by atoms with Gasteiger partial charge in [-0.2, -0.15) is 0 Å². The van der Waals surface area contributed by atoms with Crippen molar-refractivity contribution in [3.63, 3.8) is 0 Å². The molecule has 0 aliphatic rings. The Labute approximate surface area is 127 Å². The molecule has 0 aliphatic heterocycles. The molecule has 21 heavy (non-hydrogen) atoms. The van der Waals surface area contributed by atoms with E-state index in [0.29, 0.717) is 18.4 Å². The van der Waals surface area contributed by atoms with Gasteiger partial charge in [-0.15, -0.1) is 0 Å². The molecule has 0 aliphatic carbocycles. The van der Waals surface area contributed by atoms with E-state index in [1.165, 1.54) is 28.3 Å². The van der Waals surface area contributed by atoms with Crippen molar-refractivity contribution in [1.82, 2.24) is 0 Å². The molecule has 0 bridgehead atoms. The molecule has 0 amide bonds. The van der Waals surface area contributed by atoms with Gasteiger partial charge in [0.05, 0.1) is 0 Å². The zero-order chi connectivity index (χ0) is 15.6. The van der Waals surface area contributed by atoms with Gasteiger partial charge in [0.15, 0.2) is 0 Å². The third kappa shape index (κ3) is 3.16. The van der Waals surface area contributed by atoms with Gasteiger partial charge in [-0.3, -0.25) is 0 Å². The van der Waals surface area contributed by atoms with Crippen LogP contribution in [0.1, 0.15) is 41.2 Å². The third-order valence-corrected chi connectivity index (χ3v) is 4.37. The summed E-state index contributed by atoms with van der Waals surface area (Å²) in [5.74, 6) is -0.218. The molecule has 0 radical (unpaired) electrons. The zero-order valence-corrected chi connectivity index (χ0v) is 13.3. The second-order valence-corrected chi connectivity index (χ2v) is 6.04. The zero-order valence-electron chi connectivity index (χ0n) is 13.3. The van der Waals surface area contributed by atoms with Crippen LogP contribution in [0, 0.1) is 26.6 Å². The van der Waals surface area contributed by atoms with Gasteiger partial charge in [0, 0.05) is 11.1 Å². The maximum Gasteiger partial charge on any atom is 0.128 e. The molecule has 2 aromatic carbocycles. The fraction of sp³-hybridized carbons (Fsp3) is 0.368. The monoisotopic (exact) mass is 285 g/mol. The molecule has 2 heteroatoms. The molecule has 112 valence electrons. The van der Waals surface area contributed by atoms with Gasteiger partial charge in [-0.05, 0) is 56.4 Å². The van der Waals surface area contributed by atoms with Gasteiger partial charge >= 0.3 is 0 Å². The van der Waals surface area contributed by atoms with Crippen LogP contribution in [0.4, 0.5) is 4.39 Å². The van der Waals surface area contributed by atoms with Crippen LogP contribution in [0.25, 0.3) is 0 Å². The summed E-state index contributed by atoms with van der Waals surface area (Å²) >= 11 is 0. The molecular weight excluding hydrogens is 261 g/mol. The van der Waals surface area contributed by atoms with E-state index < -0.39 is 5.54 Å². The van der Waals surface area contributed by atoms with Crippen molar-refractivity contribution >= 4 is 0 Å². The topological polar surface area (TPSA) is 26.0 Å². The maximum absolute atomic E-state index is 14.2. The highest BCUT2D eigenvalue weighted by molar-refractivity contribution is 5.40. The Morgan fingerprint density at radius 1 is 1.05 bits per heavy atom. The van der Waals surface area contributed by atoms with E-state index in [1.807, 2.05) is 13.0 Å². The molecule has 1 unspecified atom stereocenters. The van der Waals surface area contributed by atoms with Crippen molar-refractivity contribution in [2.45, 2.75) is 46.1 Å². The van der Waals surface area contributed by atoms with E-state index in [-0.39, 0.29) is 5.82 Å². The van der Waals surface area contributed by atoms with E-state index >= 15 is 0 Å². The van der Waals surface area contributed by atoms with E-state index in [2.05, 4.69) is 32.9 Å². The second-order valence-electron chi connectivity index (χ2n) is 6.04. The lowest BCUT2D eigenvalue weighted by Gasteiger charge is -2.31. The van der Waals surface area contributed by atoms with Crippen molar-refractivity contribution in [1.29, 1.82) is 0 Å². The molecule has 2 N–H and O–H groups in total. The molecule has 0 spiro atoms. The first-order valence-corrected chi connectivity index (χ1v) is 7.48. The van der Waals surface area contributed by atoms with Gasteiger partial charge in [0.25, 0.3) is 0 Å². The quantitative estimate of drug-likeness (QED) is 0.875. The summed E-state index contributed by atoms with van der Waals surface area (Å²) < 4.78 is 14.2. The van der Waals surface area contributed by atoms with Gasteiger partial charge < -0.3 is 5.73 Å². The first kappa shape index (κ1) is 15.7. The minimum atomic E-state index is -0.671. The number of hydrogen-bond acceptors (Lipinski definition) is 1. The number of aryl methyl sites for hydroxylation is 3. The van der Waals surface area contributed by atoms with E-state index in [0.717, 1.165) is 0 Å². The molecular formula is C19H24FN. The van der Waals surface area contributed by atoms with Gasteiger partial charge in [-0.25, -0.2) is 4.39 Å². The highest BCUT2D eigenvalue weighted by Gasteiger charge is 2.29. The van der Waals surface area contributed by atoms with Crippen LogP contribution in [-0.4, -0.2) is 0 Å². The van der Waals surface area contributed by atoms with Crippen molar-refractivity contribution in [3.05, 3.63) is 70.0 Å². The predicted molar refractivity (Wildman–Crippen MR) is 86.9 cm³/mol. The number of halogens is 1. The molecule has 0 saturated carbocycles. The Bertz CT molecular complexity index is 625. The van der Waals surface area contributed by atoms with E-state index in [4.69, 9.17) is 5.73 Å². The first-order valence-electron chi connectivity index (χ1n) is 7.48. The van der Waals surface area contributed by atoms with Crippen LogP contribution < -0.4 is 5.73 Å². The standard InChI is InChI=1S/C19H24FN/c1-5-19(21,17-8-6-7-9-18(17)20)12-16-14(3)10-13(2)11-15(16)4/h6-11H,5,12,21H2,1-4H3. The van der Waals surface area contributed by atoms with Crippen molar-refractivity contribution < 1.29 is 4.39 Å². The fourth-order valence-corrected chi connectivity index (χ4v) is 3.08. The highest BCUT2D eigenvalue weighted by atomic mass is 19.1. The van der Waals surface area contributed by atoms with Gasteiger partial charge in [-0.1, -0.05) is 42.8 Å². The largest absolute Gasteiger partial charge is 0.321 e. The van der Waals surface area contributed by atoms with Crippen molar-refractivity contribution in [3.8, 4) is 0 Å². The van der Waals surface area contributed by atoms with Gasteiger partial charge in [0.1, 0.15) is 5.82 Å². The molecule has 1 nitrogen and oxygen atoms in total. The highest BCUT2D eigenvalue weighted by Crippen LogP contribution is 2.31. The Morgan fingerprint density at radius 2 is 1.62 bits per heavy atom. The Morgan fingerprint density at radius 3 is 2.14 bits per heavy atom. The van der Waals surface area contributed by atoms with Crippen LogP contribution in [-0.2, 0) is 12.0 Å². The molecule has 1 atom stereocenters. The first-order chi connectivity index (χ1) is 9.87. The lowest BCUT2D eigenvalue weighted by molar-refractivity contribution is 0.401. The molecule has 2 rings (SSSR count). The fourth-order valence-electron chi connectivity index (χ4n) is 3.08. The van der Waals surface area contributed by atoms with Crippen LogP contribution in [0.15, 0.2) is 36.4 Å². The lowest BCUT2D eigenvalue weighted by Crippen LogP contribution is -2.39.